The molecule has 3 N–H and O–H groups in total. The minimum absolute atomic E-state index is 0.183. The molecule has 0 radical (unpaired) electrons. The molecule has 7 heteroatoms. The Balaban J connectivity index is 3.27. The topological polar surface area (TPSA) is 85.5 Å². The number of hydrogen-bond donors (Lipinski definition) is 3. The molecule has 0 saturated heterocycles. The molecule has 0 fully saturated rings. The van der Waals surface area contributed by atoms with E-state index in [9.17, 15) is 10.4 Å². The molecular formula is C5H15N3O4. The van der Waals surface area contributed by atoms with Crippen LogP contribution < -0.4 is 15.9 Å². The van der Waals surface area contributed by atoms with Gasteiger partial charge in [-0.2, -0.15) is 0 Å². The van der Waals surface area contributed by atoms with Crippen molar-refractivity contribution in [2.45, 2.75) is 13.0 Å². The quantitative estimate of drug-likeness (QED) is 0.375. The zero-order valence-electron chi connectivity index (χ0n) is 7.42. The molecule has 0 rings (SSSR count). The molecule has 0 amide bonds. The maximum atomic E-state index is 10.3. The van der Waals surface area contributed by atoms with Gasteiger partial charge in [-0.3, -0.25) is 0 Å². The number of nitrogens with one attached hydrogen (secondary N) is 3. The predicted octanol–water partition coefficient (Wildman–Crippen LogP) is -3.23. The molecule has 12 heavy (non-hydrogen) atoms. The molecule has 3 atom stereocenters. The average molecular weight is 181 g/mol. The lowest BCUT2D eigenvalue weighted by atomic mass is 10.4. The van der Waals surface area contributed by atoms with Gasteiger partial charge < -0.3 is 10.4 Å². The summed E-state index contributed by atoms with van der Waals surface area (Å²) in [5, 5.41) is 19.8. The van der Waals surface area contributed by atoms with E-state index in [1.54, 1.807) is 6.92 Å². The molecule has 0 heterocycles. The van der Waals surface area contributed by atoms with Crippen molar-refractivity contribution in [1.29, 1.82) is 0 Å². The van der Waals surface area contributed by atoms with E-state index in [2.05, 4.69) is 15.3 Å². The minimum atomic E-state index is -0.426. The van der Waals surface area contributed by atoms with Gasteiger partial charge in [0.15, 0.2) is 0 Å². The van der Waals surface area contributed by atoms with E-state index in [0.29, 0.717) is 0 Å². The van der Waals surface area contributed by atoms with Crippen LogP contribution in [-0.4, -0.2) is 26.7 Å². The zero-order chi connectivity index (χ0) is 9.56. The highest BCUT2D eigenvalue weighted by atomic mass is 17.0. The SMILES string of the molecule is CC(CO[NH+](C)[O-])NO[NH+](C)[O-]. The number of hydrogen-bond acceptors (Lipinski definition) is 5. The van der Waals surface area contributed by atoms with Gasteiger partial charge in [0.2, 0.25) is 0 Å². The molecule has 0 aromatic carbocycles. The highest BCUT2D eigenvalue weighted by Crippen LogP contribution is 1.77. The molecule has 7 nitrogen and oxygen atoms in total. The van der Waals surface area contributed by atoms with Crippen molar-refractivity contribution in [2.75, 3.05) is 20.7 Å². The molecule has 74 valence electrons. The first-order valence-corrected chi connectivity index (χ1v) is 3.58. The molecular weight excluding hydrogens is 166 g/mol. The Morgan fingerprint density at radius 1 is 1.33 bits per heavy atom. The second-order valence-corrected chi connectivity index (χ2v) is 2.42. The summed E-state index contributed by atoms with van der Waals surface area (Å²) >= 11 is 0. The maximum absolute atomic E-state index is 10.3. The third kappa shape index (κ3) is 7.82. The lowest BCUT2D eigenvalue weighted by molar-refractivity contribution is -1.05. The monoisotopic (exact) mass is 181 g/mol. The van der Waals surface area contributed by atoms with Crippen LogP contribution in [0.1, 0.15) is 6.92 Å². The lowest BCUT2D eigenvalue weighted by Gasteiger charge is -2.19. The van der Waals surface area contributed by atoms with Crippen LogP contribution in [0.25, 0.3) is 0 Å². The van der Waals surface area contributed by atoms with Crippen molar-refractivity contribution in [3.8, 4) is 0 Å². The Labute approximate surface area is 70.9 Å². The van der Waals surface area contributed by atoms with E-state index in [1.165, 1.54) is 14.1 Å². The van der Waals surface area contributed by atoms with E-state index in [4.69, 9.17) is 0 Å². The smallest absolute Gasteiger partial charge is 0.124 e. The van der Waals surface area contributed by atoms with Crippen LogP contribution in [0.15, 0.2) is 0 Å². The summed E-state index contributed by atoms with van der Waals surface area (Å²) in [5.41, 5.74) is 2.41. The number of hydroxylamine groups is 5. The molecule has 0 aromatic heterocycles. The molecule has 0 spiro atoms. The predicted molar refractivity (Wildman–Crippen MR) is 40.1 cm³/mol. The fourth-order valence-electron chi connectivity index (χ4n) is 0.460. The van der Waals surface area contributed by atoms with Gasteiger partial charge in [0, 0.05) is 0 Å². The normalized spacial score (nSPS) is 18.8. The van der Waals surface area contributed by atoms with Gasteiger partial charge in [0.05, 0.1) is 20.1 Å². The van der Waals surface area contributed by atoms with Gasteiger partial charge in [-0.15, -0.1) is 10.4 Å². The van der Waals surface area contributed by atoms with E-state index in [-0.39, 0.29) is 17.9 Å². The van der Waals surface area contributed by atoms with Crippen LogP contribution in [0.4, 0.5) is 0 Å². The summed E-state index contributed by atoms with van der Waals surface area (Å²) in [6.07, 6.45) is 0. The fraction of sp³-hybridized carbons (Fsp3) is 1.00. The summed E-state index contributed by atoms with van der Waals surface area (Å²) < 4.78 is 0. The Kier molecular flexibility index (Phi) is 6.11. The molecule has 0 aliphatic carbocycles. The second kappa shape index (κ2) is 6.26. The van der Waals surface area contributed by atoms with Crippen molar-refractivity contribution in [3.63, 3.8) is 0 Å². The van der Waals surface area contributed by atoms with E-state index < -0.39 is 5.23 Å². The lowest BCUT2D eigenvalue weighted by Crippen LogP contribution is -3.04. The molecule has 0 bridgehead atoms. The molecule has 0 aliphatic rings. The van der Waals surface area contributed by atoms with Crippen molar-refractivity contribution in [3.05, 3.63) is 10.4 Å². The molecule has 3 unspecified atom stereocenters. The summed E-state index contributed by atoms with van der Waals surface area (Å²) in [6, 6.07) is -0.196. The van der Waals surface area contributed by atoms with Crippen LogP contribution in [0.5, 0.6) is 0 Å². The highest BCUT2D eigenvalue weighted by molar-refractivity contribution is 4.47. The van der Waals surface area contributed by atoms with Crippen molar-refractivity contribution >= 4 is 0 Å². The Hall–Kier alpha value is -0.280. The average Bonchev–Trinajstić information content (AvgIpc) is 1.96. The fourth-order valence-corrected chi connectivity index (χ4v) is 0.460. The molecule has 0 aliphatic heterocycles. The number of rotatable bonds is 6. The molecule has 0 aromatic rings. The van der Waals surface area contributed by atoms with Crippen molar-refractivity contribution < 1.29 is 20.2 Å². The van der Waals surface area contributed by atoms with Gasteiger partial charge in [0.1, 0.15) is 6.61 Å². The summed E-state index contributed by atoms with van der Waals surface area (Å²) in [6.45, 7) is 1.91. The largest absolute Gasteiger partial charge is 0.600 e. The third-order valence-corrected chi connectivity index (χ3v) is 0.940. The first-order chi connectivity index (χ1) is 5.52. The van der Waals surface area contributed by atoms with Crippen molar-refractivity contribution in [1.82, 2.24) is 5.48 Å². The summed E-state index contributed by atoms with van der Waals surface area (Å²) in [4.78, 5) is 9.10. The van der Waals surface area contributed by atoms with Gasteiger partial charge >= 0.3 is 0 Å². The standard InChI is InChI=1S/C5H15N3O4/c1-5(4-11-7(2)9)6-12-8(3)10/h5-8H,4H2,1-3H3. The van der Waals surface area contributed by atoms with E-state index in [0.717, 1.165) is 0 Å². The molecule has 0 saturated carbocycles. The van der Waals surface area contributed by atoms with Gasteiger partial charge in [-0.05, 0) is 6.92 Å². The minimum Gasteiger partial charge on any atom is -0.600 e. The van der Waals surface area contributed by atoms with E-state index in [1.807, 2.05) is 0 Å². The highest BCUT2D eigenvalue weighted by Gasteiger charge is 2.04. The van der Waals surface area contributed by atoms with E-state index >= 15 is 0 Å². The Morgan fingerprint density at radius 3 is 2.33 bits per heavy atom. The van der Waals surface area contributed by atoms with Crippen molar-refractivity contribution in [2.24, 2.45) is 0 Å². The van der Waals surface area contributed by atoms with Gasteiger partial charge in [-0.25, -0.2) is 15.3 Å². The Morgan fingerprint density at radius 2 is 1.92 bits per heavy atom. The Bertz CT molecular complexity index is 98.9. The zero-order valence-corrected chi connectivity index (χ0v) is 7.42. The number of quaternary nitrogens is 2. The second-order valence-electron chi connectivity index (χ2n) is 2.42. The van der Waals surface area contributed by atoms with Gasteiger partial charge in [-0.1, -0.05) is 0 Å². The van der Waals surface area contributed by atoms with Crippen LogP contribution in [0, 0.1) is 10.4 Å². The summed E-state index contributed by atoms with van der Waals surface area (Å²) in [7, 11) is 2.60. The van der Waals surface area contributed by atoms with Crippen LogP contribution in [0.3, 0.4) is 0 Å². The van der Waals surface area contributed by atoms with Crippen LogP contribution in [0.2, 0.25) is 0 Å². The maximum Gasteiger partial charge on any atom is 0.124 e. The first kappa shape index (κ1) is 11.7. The van der Waals surface area contributed by atoms with Crippen LogP contribution >= 0.6 is 0 Å². The van der Waals surface area contributed by atoms with Crippen LogP contribution in [-0.2, 0) is 9.78 Å². The van der Waals surface area contributed by atoms with Gasteiger partial charge in [0.25, 0.3) is 0 Å². The third-order valence-electron chi connectivity index (χ3n) is 0.940. The first-order valence-electron chi connectivity index (χ1n) is 3.58. The summed E-state index contributed by atoms with van der Waals surface area (Å²) in [5.74, 6) is 0.